The molecule has 28 heavy (non-hydrogen) atoms. The highest BCUT2D eigenvalue weighted by molar-refractivity contribution is 8.01. The van der Waals surface area contributed by atoms with Crippen molar-refractivity contribution < 1.29 is 9.00 Å². The zero-order chi connectivity index (χ0) is 20.0. The maximum absolute atomic E-state index is 12.4. The molecule has 0 unspecified atom stereocenters. The average Bonchev–Trinajstić information content (AvgIpc) is 2.68. The SMILES string of the molecule is CS(C)(=O)=CC(=O)C1CCC(N(Cc2ccccc2)Cc2ccccc2)CC1. The number of hydrogen-bond donors (Lipinski definition) is 0. The summed E-state index contributed by atoms with van der Waals surface area (Å²) in [5.41, 5.74) is 2.64. The van der Waals surface area contributed by atoms with E-state index in [2.05, 4.69) is 65.6 Å². The predicted molar refractivity (Wildman–Crippen MR) is 119 cm³/mol. The van der Waals surface area contributed by atoms with Gasteiger partial charge in [-0.05, 0) is 46.3 Å². The van der Waals surface area contributed by atoms with Crippen molar-refractivity contribution in [2.24, 2.45) is 5.92 Å². The minimum Gasteiger partial charge on any atom is -0.294 e. The van der Waals surface area contributed by atoms with Crippen molar-refractivity contribution in [2.75, 3.05) is 12.5 Å². The number of Topliss-reactive ketones (excluding diaryl/α,β-unsaturated/α-hetero) is 1. The van der Waals surface area contributed by atoms with Crippen molar-refractivity contribution in [3.63, 3.8) is 0 Å². The third-order valence-electron chi connectivity index (χ3n) is 5.47. The molecule has 0 bridgehead atoms. The first kappa shape index (κ1) is 20.8. The van der Waals surface area contributed by atoms with Crippen LogP contribution >= 0.6 is 0 Å². The number of hydrogen-bond acceptors (Lipinski definition) is 3. The third-order valence-corrected chi connectivity index (χ3v) is 6.27. The van der Waals surface area contributed by atoms with E-state index in [0.29, 0.717) is 6.04 Å². The van der Waals surface area contributed by atoms with Crippen molar-refractivity contribution in [3.05, 3.63) is 71.8 Å². The highest BCUT2D eigenvalue weighted by atomic mass is 32.2. The van der Waals surface area contributed by atoms with Gasteiger partial charge in [0.15, 0.2) is 5.78 Å². The van der Waals surface area contributed by atoms with Crippen molar-refractivity contribution in [1.29, 1.82) is 0 Å². The van der Waals surface area contributed by atoms with Gasteiger partial charge >= 0.3 is 0 Å². The van der Waals surface area contributed by atoms with Crippen LogP contribution in [0.3, 0.4) is 0 Å². The van der Waals surface area contributed by atoms with Crippen LogP contribution in [0.5, 0.6) is 0 Å². The Bertz CT molecular complexity index is 828. The van der Waals surface area contributed by atoms with Crippen molar-refractivity contribution in [1.82, 2.24) is 4.90 Å². The van der Waals surface area contributed by atoms with Gasteiger partial charge in [0, 0.05) is 42.9 Å². The normalized spacial score (nSPS) is 20.1. The standard InChI is InChI=1S/C24H31NO2S/c1-28(2,27)19-24(26)22-13-15-23(16-14-22)25(17-20-9-5-3-6-10-20)18-21-11-7-4-8-12-21/h3-12,19,22-23H,13-18H2,1-2H3. The maximum Gasteiger partial charge on any atom is 0.166 e. The second kappa shape index (κ2) is 9.53. The summed E-state index contributed by atoms with van der Waals surface area (Å²) in [5, 5.41) is 1.46. The second-order valence-electron chi connectivity index (χ2n) is 8.21. The van der Waals surface area contributed by atoms with E-state index in [1.807, 2.05) is 0 Å². The van der Waals surface area contributed by atoms with Crippen LogP contribution in [0.2, 0.25) is 0 Å². The molecule has 3 rings (SSSR count). The molecule has 1 aliphatic carbocycles. The van der Waals surface area contributed by atoms with Crippen LogP contribution in [0, 0.1) is 5.92 Å². The van der Waals surface area contributed by atoms with Crippen molar-refractivity contribution in [3.8, 4) is 0 Å². The zero-order valence-electron chi connectivity index (χ0n) is 16.9. The molecule has 1 saturated carbocycles. The van der Waals surface area contributed by atoms with Gasteiger partial charge in [0.2, 0.25) is 0 Å². The van der Waals surface area contributed by atoms with Crippen molar-refractivity contribution >= 4 is 20.7 Å². The van der Waals surface area contributed by atoms with E-state index in [1.165, 1.54) is 16.5 Å². The van der Waals surface area contributed by atoms with Crippen LogP contribution in [-0.2, 0) is 27.4 Å². The summed E-state index contributed by atoms with van der Waals surface area (Å²) in [4.78, 5) is 15.0. The van der Waals surface area contributed by atoms with Crippen LogP contribution in [0.15, 0.2) is 60.7 Å². The van der Waals surface area contributed by atoms with Gasteiger partial charge in [0.1, 0.15) is 0 Å². The van der Waals surface area contributed by atoms with E-state index in [-0.39, 0.29) is 11.7 Å². The molecule has 0 N–H and O–H groups in total. The summed E-state index contributed by atoms with van der Waals surface area (Å²) >= 11 is 0. The van der Waals surface area contributed by atoms with Crippen LogP contribution in [0.1, 0.15) is 36.8 Å². The van der Waals surface area contributed by atoms with E-state index < -0.39 is 9.52 Å². The topological polar surface area (TPSA) is 37.4 Å². The molecule has 0 saturated heterocycles. The first-order valence-electron chi connectivity index (χ1n) is 10.1. The quantitative estimate of drug-likeness (QED) is 0.658. The molecule has 0 atom stereocenters. The highest BCUT2D eigenvalue weighted by Crippen LogP contribution is 2.30. The summed E-state index contributed by atoms with van der Waals surface area (Å²) in [6.07, 6.45) is 7.07. The van der Waals surface area contributed by atoms with E-state index >= 15 is 0 Å². The number of rotatable bonds is 7. The molecule has 1 fully saturated rings. The Morgan fingerprint density at radius 2 is 1.36 bits per heavy atom. The molecule has 0 radical (unpaired) electrons. The van der Waals surface area contributed by atoms with Crippen LogP contribution in [0.4, 0.5) is 0 Å². The first-order valence-corrected chi connectivity index (χ1v) is 12.5. The Morgan fingerprint density at radius 1 is 0.893 bits per heavy atom. The Hall–Kier alpha value is -1.91. The van der Waals surface area contributed by atoms with Gasteiger partial charge in [-0.1, -0.05) is 60.7 Å². The van der Waals surface area contributed by atoms with Crippen molar-refractivity contribution in [2.45, 2.75) is 44.8 Å². The number of nitrogens with zero attached hydrogens (tertiary/aromatic N) is 1. The second-order valence-corrected chi connectivity index (χ2v) is 11.1. The van der Waals surface area contributed by atoms with Gasteiger partial charge in [0.25, 0.3) is 0 Å². The Balaban J connectivity index is 1.69. The first-order chi connectivity index (χ1) is 13.4. The zero-order valence-corrected chi connectivity index (χ0v) is 17.7. The minimum atomic E-state index is -2.12. The van der Waals surface area contributed by atoms with Gasteiger partial charge in [-0.25, -0.2) is 0 Å². The van der Waals surface area contributed by atoms with Gasteiger partial charge in [-0.3, -0.25) is 13.9 Å². The summed E-state index contributed by atoms with van der Waals surface area (Å²) in [5.74, 6) is 0.110. The van der Waals surface area contributed by atoms with Gasteiger partial charge in [-0.2, -0.15) is 0 Å². The number of carbonyl (C=O) groups excluding carboxylic acids is 1. The summed E-state index contributed by atoms with van der Waals surface area (Å²) in [6.45, 7) is 1.84. The van der Waals surface area contributed by atoms with Gasteiger partial charge in [0.05, 0.1) is 0 Å². The molecule has 2 aromatic rings. The van der Waals surface area contributed by atoms with Crippen LogP contribution < -0.4 is 0 Å². The smallest absolute Gasteiger partial charge is 0.166 e. The summed E-state index contributed by atoms with van der Waals surface area (Å²) in [7, 11) is -2.12. The maximum atomic E-state index is 12.4. The fourth-order valence-electron chi connectivity index (χ4n) is 4.05. The lowest BCUT2D eigenvalue weighted by Crippen LogP contribution is -2.38. The summed E-state index contributed by atoms with van der Waals surface area (Å²) in [6, 6.07) is 21.7. The minimum absolute atomic E-state index is 0.0345. The van der Waals surface area contributed by atoms with Crippen LogP contribution in [0.25, 0.3) is 0 Å². The highest BCUT2D eigenvalue weighted by Gasteiger charge is 2.29. The molecule has 0 amide bonds. The monoisotopic (exact) mass is 397 g/mol. The van der Waals surface area contributed by atoms with E-state index in [0.717, 1.165) is 38.8 Å². The molecule has 3 nitrogen and oxygen atoms in total. The molecular weight excluding hydrogens is 366 g/mol. The molecule has 4 heteroatoms. The lowest BCUT2D eigenvalue weighted by atomic mass is 9.83. The molecular formula is C24H31NO2S. The molecule has 0 aromatic heterocycles. The molecule has 2 aromatic carbocycles. The molecule has 0 aliphatic heterocycles. The Kier molecular flexibility index (Phi) is 7.08. The lowest BCUT2D eigenvalue weighted by Gasteiger charge is -2.36. The number of ketones is 1. The number of carbonyl (C=O) groups is 1. The average molecular weight is 398 g/mol. The Labute approximate surface area is 169 Å². The Morgan fingerprint density at radius 3 is 1.79 bits per heavy atom. The third kappa shape index (κ3) is 6.32. The molecule has 1 aliphatic rings. The lowest BCUT2D eigenvalue weighted by molar-refractivity contribution is -0.117. The fraction of sp³-hybridized carbons (Fsp3) is 0.417. The fourth-order valence-corrected chi connectivity index (χ4v) is 4.80. The summed E-state index contributed by atoms with van der Waals surface area (Å²) < 4.78 is 11.9. The van der Waals surface area contributed by atoms with Gasteiger partial charge in [-0.15, -0.1) is 0 Å². The van der Waals surface area contributed by atoms with Crippen LogP contribution in [-0.4, -0.2) is 38.8 Å². The van der Waals surface area contributed by atoms with E-state index in [9.17, 15) is 9.00 Å². The predicted octanol–water partition coefficient (Wildman–Crippen LogP) is 4.16. The number of benzene rings is 2. The van der Waals surface area contributed by atoms with E-state index in [1.54, 1.807) is 12.5 Å². The molecule has 150 valence electrons. The molecule has 0 heterocycles. The van der Waals surface area contributed by atoms with Gasteiger partial charge < -0.3 is 0 Å². The largest absolute Gasteiger partial charge is 0.294 e. The molecule has 0 spiro atoms. The van der Waals surface area contributed by atoms with E-state index in [4.69, 9.17) is 0 Å².